The number of amidine groups is 1. The molecular weight excluding hydrogens is 478 g/mol. The minimum absolute atomic E-state index is 0.108. The normalized spacial score (nSPS) is 18.4. The van der Waals surface area contributed by atoms with Gasteiger partial charge in [0.25, 0.3) is 5.91 Å². The summed E-state index contributed by atoms with van der Waals surface area (Å²) in [6.07, 6.45) is 0. The SMILES string of the molecule is CCOC(=O)c1ccc(N=C2S/C(=C3\Sc4ccccc4N3C)C(=O)N2c2ccc(C)cc2)cc1. The Morgan fingerprint density at radius 3 is 2.37 bits per heavy atom. The van der Waals surface area contributed by atoms with Crippen molar-refractivity contribution < 1.29 is 14.3 Å². The number of carbonyl (C=O) groups excluding carboxylic acids is 2. The topological polar surface area (TPSA) is 62.2 Å². The molecule has 5 rings (SSSR count). The van der Waals surface area contributed by atoms with E-state index < -0.39 is 0 Å². The van der Waals surface area contributed by atoms with Crippen molar-refractivity contribution in [3.8, 4) is 0 Å². The Morgan fingerprint density at radius 2 is 1.69 bits per heavy atom. The summed E-state index contributed by atoms with van der Waals surface area (Å²) in [5.74, 6) is -0.478. The number of para-hydroxylation sites is 1. The fourth-order valence-corrected chi connectivity index (χ4v) is 6.14. The van der Waals surface area contributed by atoms with E-state index >= 15 is 0 Å². The maximum Gasteiger partial charge on any atom is 0.338 e. The number of aliphatic imine (C=N–C) groups is 1. The monoisotopic (exact) mass is 501 g/mol. The molecule has 0 atom stereocenters. The number of esters is 1. The molecule has 1 saturated heterocycles. The molecule has 0 spiro atoms. The molecule has 35 heavy (non-hydrogen) atoms. The number of nitrogens with zero attached hydrogens (tertiary/aromatic N) is 3. The van der Waals surface area contributed by atoms with Crippen molar-refractivity contribution in [1.29, 1.82) is 0 Å². The predicted octanol–water partition coefficient (Wildman–Crippen LogP) is 6.35. The molecule has 0 saturated carbocycles. The number of thioether (sulfide) groups is 2. The van der Waals surface area contributed by atoms with Crippen molar-refractivity contribution in [2.24, 2.45) is 4.99 Å². The van der Waals surface area contributed by atoms with Gasteiger partial charge in [-0.3, -0.25) is 9.69 Å². The predicted molar refractivity (Wildman–Crippen MR) is 143 cm³/mol. The quantitative estimate of drug-likeness (QED) is 0.307. The van der Waals surface area contributed by atoms with Gasteiger partial charge in [-0.2, -0.15) is 0 Å². The molecule has 0 aromatic heterocycles. The minimum Gasteiger partial charge on any atom is -0.462 e. The van der Waals surface area contributed by atoms with Crippen molar-refractivity contribution in [2.75, 3.05) is 23.5 Å². The van der Waals surface area contributed by atoms with Crippen LogP contribution in [-0.4, -0.2) is 30.7 Å². The molecule has 0 radical (unpaired) electrons. The number of anilines is 2. The lowest BCUT2D eigenvalue weighted by Crippen LogP contribution is -2.29. The van der Waals surface area contributed by atoms with Gasteiger partial charge in [-0.25, -0.2) is 9.79 Å². The van der Waals surface area contributed by atoms with E-state index in [4.69, 9.17) is 9.73 Å². The first kappa shape index (κ1) is 23.3. The summed E-state index contributed by atoms with van der Waals surface area (Å²) < 4.78 is 5.06. The maximum absolute atomic E-state index is 13.8. The Balaban J connectivity index is 1.54. The molecule has 0 N–H and O–H groups in total. The van der Waals surface area contributed by atoms with Crippen LogP contribution in [0.5, 0.6) is 0 Å². The Morgan fingerprint density at radius 1 is 0.971 bits per heavy atom. The number of benzene rings is 3. The van der Waals surface area contributed by atoms with Crippen molar-refractivity contribution in [2.45, 2.75) is 18.7 Å². The fraction of sp³-hybridized carbons (Fsp3) is 0.148. The number of hydrogen-bond acceptors (Lipinski definition) is 7. The van der Waals surface area contributed by atoms with Crippen molar-refractivity contribution >= 4 is 57.6 Å². The van der Waals surface area contributed by atoms with E-state index in [0.29, 0.717) is 27.9 Å². The molecule has 8 heteroatoms. The summed E-state index contributed by atoms with van der Waals surface area (Å²) in [5, 5.41) is 1.45. The van der Waals surface area contributed by atoms with Gasteiger partial charge in [0.05, 0.1) is 34.3 Å². The second kappa shape index (κ2) is 9.64. The Kier molecular flexibility index (Phi) is 6.40. The lowest BCUT2D eigenvalue weighted by Gasteiger charge is -2.17. The van der Waals surface area contributed by atoms with Gasteiger partial charge in [0.15, 0.2) is 5.17 Å². The number of hydrogen-bond donors (Lipinski definition) is 0. The maximum atomic E-state index is 13.8. The third kappa shape index (κ3) is 4.47. The average Bonchev–Trinajstić information content (AvgIpc) is 3.36. The first-order valence-corrected chi connectivity index (χ1v) is 12.8. The zero-order valence-corrected chi connectivity index (χ0v) is 21.2. The molecule has 6 nitrogen and oxygen atoms in total. The third-order valence-electron chi connectivity index (χ3n) is 5.61. The number of ether oxygens (including phenoxy) is 1. The number of aryl methyl sites for hydroxylation is 1. The highest BCUT2D eigenvalue weighted by Gasteiger charge is 2.40. The van der Waals surface area contributed by atoms with Crippen LogP contribution in [-0.2, 0) is 9.53 Å². The highest BCUT2D eigenvalue weighted by atomic mass is 32.2. The van der Waals surface area contributed by atoms with Gasteiger partial charge in [0.1, 0.15) is 4.91 Å². The highest BCUT2D eigenvalue weighted by molar-refractivity contribution is 8.20. The molecule has 2 aliphatic rings. The fourth-order valence-electron chi connectivity index (χ4n) is 3.80. The summed E-state index contributed by atoms with van der Waals surface area (Å²) in [6.45, 7) is 4.11. The number of rotatable bonds is 4. The van der Waals surface area contributed by atoms with E-state index in [9.17, 15) is 9.59 Å². The Labute approximate surface area is 212 Å². The standard InChI is InChI=1S/C27H23N3O3S2/c1-4-33-26(32)18-11-13-19(14-12-18)28-27-30(20-15-9-17(2)10-16-20)24(31)23(35-27)25-29(3)21-7-5-6-8-22(21)34-25/h5-16H,4H2,1-3H3/b25-23-,28-27?. The smallest absolute Gasteiger partial charge is 0.338 e. The van der Waals surface area contributed by atoms with E-state index in [1.807, 2.05) is 50.4 Å². The molecule has 2 aliphatic heterocycles. The second-order valence-electron chi connectivity index (χ2n) is 8.00. The number of carbonyl (C=O) groups is 2. The second-order valence-corrected chi connectivity index (χ2v) is 10.0. The summed E-state index contributed by atoms with van der Waals surface area (Å²) in [4.78, 5) is 36.0. The van der Waals surface area contributed by atoms with E-state index in [1.54, 1.807) is 47.9 Å². The molecule has 176 valence electrons. The first-order valence-electron chi connectivity index (χ1n) is 11.2. The van der Waals surface area contributed by atoms with Gasteiger partial charge in [-0.1, -0.05) is 41.6 Å². The number of amides is 1. The van der Waals surface area contributed by atoms with Gasteiger partial charge in [0.2, 0.25) is 0 Å². The van der Waals surface area contributed by atoms with E-state index in [0.717, 1.165) is 26.9 Å². The zero-order valence-electron chi connectivity index (χ0n) is 19.5. The Bertz CT molecular complexity index is 1370. The summed E-state index contributed by atoms with van der Waals surface area (Å²) in [6, 6.07) is 22.8. The van der Waals surface area contributed by atoms with Crippen LogP contribution in [0.1, 0.15) is 22.8 Å². The molecule has 0 aliphatic carbocycles. The van der Waals surface area contributed by atoms with Gasteiger partial charge >= 0.3 is 5.97 Å². The van der Waals surface area contributed by atoms with Crippen molar-refractivity contribution in [1.82, 2.24) is 0 Å². The summed E-state index contributed by atoms with van der Waals surface area (Å²) >= 11 is 2.96. The lowest BCUT2D eigenvalue weighted by molar-refractivity contribution is -0.113. The Hall–Kier alpha value is -3.49. The minimum atomic E-state index is -0.369. The zero-order chi connectivity index (χ0) is 24.5. The van der Waals surface area contributed by atoms with Crippen LogP contribution in [0.4, 0.5) is 17.1 Å². The van der Waals surface area contributed by atoms with E-state index in [-0.39, 0.29) is 11.9 Å². The molecule has 2 heterocycles. The van der Waals surface area contributed by atoms with E-state index in [2.05, 4.69) is 17.0 Å². The summed E-state index contributed by atoms with van der Waals surface area (Å²) in [7, 11) is 1.98. The molecule has 1 amide bonds. The highest BCUT2D eigenvalue weighted by Crippen LogP contribution is 2.50. The molecule has 0 bridgehead atoms. The lowest BCUT2D eigenvalue weighted by atomic mass is 10.2. The number of fused-ring (bicyclic) bond motifs is 1. The van der Waals surface area contributed by atoms with E-state index in [1.165, 1.54) is 11.8 Å². The van der Waals surface area contributed by atoms with Crippen LogP contribution in [0.3, 0.4) is 0 Å². The van der Waals surface area contributed by atoms with Crippen molar-refractivity contribution in [3.05, 3.63) is 93.9 Å². The van der Waals surface area contributed by atoms with Crippen molar-refractivity contribution in [3.63, 3.8) is 0 Å². The van der Waals surface area contributed by atoms with Gasteiger partial charge in [-0.15, -0.1) is 0 Å². The molecule has 0 unspecified atom stereocenters. The van der Waals surface area contributed by atoms with Crippen LogP contribution in [0.15, 0.2) is 92.6 Å². The van der Waals surface area contributed by atoms with Crippen LogP contribution in [0, 0.1) is 6.92 Å². The molecule has 1 fully saturated rings. The molecule has 3 aromatic carbocycles. The summed E-state index contributed by atoms with van der Waals surface area (Å²) in [5.41, 5.74) is 4.06. The first-order chi connectivity index (χ1) is 17.0. The third-order valence-corrected chi connectivity index (χ3v) is 8.00. The van der Waals surface area contributed by atoms with Crippen LogP contribution in [0.25, 0.3) is 0 Å². The molecular formula is C27H23N3O3S2. The van der Waals surface area contributed by atoms with Crippen LogP contribution < -0.4 is 9.80 Å². The van der Waals surface area contributed by atoms with Gasteiger partial charge in [-0.05, 0) is 74.1 Å². The largest absolute Gasteiger partial charge is 0.462 e. The average molecular weight is 502 g/mol. The van der Waals surface area contributed by atoms with Crippen LogP contribution >= 0.6 is 23.5 Å². The van der Waals surface area contributed by atoms with Gasteiger partial charge in [0, 0.05) is 11.9 Å². The van der Waals surface area contributed by atoms with Gasteiger partial charge < -0.3 is 9.64 Å². The van der Waals surface area contributed by atoms with Crippen LogP contribution in [0.2, 0.25) is 0 Å². The molecule has 3 aromatic rings.